The van der Waals surface area contributed by atoms with Crippen LogP contribution in [0.4, 0.5) is 0 Å². The number of methoxy groups -OCH3 is 1. The zero-order chi connectivity index (χ0) is 15.9. The monoisotopic (exact) mass is 332 g/mol. The minimum Gasteiger partial charge on any atom is -0.468 e. The smallest absolute Gasteiger partial charge is 0.316 e. The van der Waals surface area contributed by atoms with Crippen molar-refractivity contribution in [3.05, 3.63) is 52.3 Å². The SMILES string of the molecule is C=NS/C(SCC(=O)OC)=C(\N)c1cccc2ccccc12. The first-order valence-corrected chi connectivity index (χ1v) is 8.23. The van der Waals surface area contributed by atoms with Crippen LogP contribution in [-0.4, -0.2) is 25.5 Å². The maximum absolute atomic E-state index is 11.3. The van der Waals surface area contributed by atoms with Crippen molar-refractivity contribution in [3.63, 3.8) is 0 Å². The van der Waals surface area contributed by atoms with Gasteiger partial charge in [0.15, 0.2) is 0 Å². The molecule has 0 bridgehead atoms. The lowest BCUT2D eigenvalue weighted by atomic mass is 10.0. The summed E-state index contributed by atoms with van der Waals surface area (Å²) in [5.41, 5.74) is 7.82. The van der Waals surface area contributed by atoms with Crippen LogP contribution in [0, 0.1) is 0 Å². The second kappa shape index (κ2) is 7.91. The van der Waals surface area contributed by atoms with Crippen LogP contribution in [0.3, 0.4) is 0 Å². The van der Waals surface area contributed by atoms with Crippen LogP contribution in [-0.2, 0) is 9.53 Å². The van der Waals surface area contributed by atoms with Gasteiger partial charge in [0, 0.05) is 17.5 Å². The molecule has 0 saturated heterocycles. The second-order valence-electron chi connectivity index (χ2n) is 4.31. The number of rotatable bonds is 6. The molecule has 22 heavy (non-hydrogen) atoms. The lowest BCUT2D eigenvalue weighted by Gasteiger charge is -2.11. The number of benzene rings is 2. The molecule has 0 unspecified atom stereocenters. The van der Waals surface area contributed by atoms with Gasteiger partial charge in [0.2, 0.25) is 0 Å². The Hall–Kier alpha value is -1.92. The lowest BCUT2D eigenvalue weighted by molar-refractivity contribution is -0.137. The highest BCUT2D eigenvalue weighted by atomic mass is 32.2. The molecular formula is C16H16N2O2S2. The molecule has 0 aliphatic rings. The predicted octanol–water partition coefficient (Wildman–Crippen LogP) is 3.68. The summed E-state index contributed by atoms with van der Waals surface area (Å²) < 4.78 is 9.21. The fraction of sp³-hybridized carbons (Fsp3) is 0.125. The van der Waals surface area contributed by atoms with Gasteiger partial charge in [0.1, 0.15) is 0 Å². The third kappa shape index (κ3) is 3.84. The van der Waals surface area contributed by atoms with E-state index in [1.807, 2.05) is 42.5 Å². The topological polar surface area (TPSA) is 64.7 Å². The molecule has 2 aromatic carbocycles. The Bertz CT molecular complexity index is 724. The normalized spacial score (nSPS) is 11.9. The molecule has 0 fully saturated rings. The Morgan fingerprint density at radius 2 is 2.00 bits per heavy atom. The Labute approximate surface area is 138 Å². The number of ether oxygens (including phenoxy) is 1. The van der Waals surface area contributed by atoms with Gasteiger partial charge in [-0.2, -0.15) is 0 Å². The zero-order valence-corrected chi connectivity index (χ0v) is 13.7. The number of fused-ring (bicyclic) bond motifs is 1. The van der Waals surface area contributed by atoms with Crippen molar-refractivity contribution >= 4 is 52.9 Å². The predicted molar refractivity (Wildman–Crippen MR) is 96.7 cm³/mol. The summed E-state index contributed by atoms with van der Waals surface area (Å²) in [6, 6.07) is 14.0. The first-order chi connectivity index (χ1) is 10.7. The van der Waals surface area contributed by atoms with Crippen molar-refractivity contribution < 1.29 is 9.53 Å². The summed E-state index contributed by atoms with van der Waals surface area (Å²) >= 11 is 2.46. The van der Waals surface area contributed by atoms with Gasteiger partial charge in [-0.3, -0.25) is 4.79 Å². The van der Waals surface area contributed by atoms with Crippen molar-refractivity contribution in [2.24, 2.45) is 10.1 Å². The largest absolute Gasteiger partial charge is 0.468 e. The minimum absolute atomic E-state index is 0.180. The summed E-state index contributed by atoms with van der Waals surface area (Å²) in [4.78, 5) is 11.3. The van der Waals surface area contributed by atoms with Gasteiger partial charge in [-0.25, -0.2) is 4.40 Å². The highest BCUT2D eigenvalue weighted by Crippen LogP contribution is 2.36. The summed E-state index contributed by atoms with van der Waals surface area (Å²) in [5.74, 6) is -0.127. The number of esters is 1. The van der Waals surface area contributed by atoms with E-state index in [1.54, 1.807) is 0 Å². The number of hydrogen-bond acceptors (Lipinski definition) is 6. The van der Waals surface area contributed by atoms with Crippen molar-refractivity contribution in [2.75, 3.05) is 12.9 Å². The van der Waals surface area contributed by atoms with E-state index in [-0.39, 0.29) is 11.7 Å². The molecule has 0 aromatic heterocycles. The maximum Gasteiger partial charge on any atom is 0.316 e. The van der Waals surface area contributed by atoms with Crippen LogP contribution in [0.25, 0.3) is 16.5 Å². The first-order valence-electron chi connectivity index (χ1n) is 6.48. The van der Waals surface area contributed by atoms with E-state index in [2.05, 4.69) is 15.9 Å². The molecule has 4 nitrogen and oxygen atoms in total. The molecule has 0 aliphatic carbocycles. The number of thioether (sulfide) groups is 1. The van der Waals surface area contributed by atoms with Crippen LogP contribution in [0.15, 0.2) is 51.1 Å². The average Bonchev–Trinajstić information content (AvgIpc) is 2.57. The third-order valence-electron chi connectivity index (χ3n) is 3.00. The summed E-state index contributed by atoms with van der Waals surface area (Å²) in [6.45, 7) is 3.48. The minimum atomic E-state index is -0.308. The van der Waals surface area contributed by atoms with Gasteiger partial charge in [-0.15, -0.1) is 11.8 Å². The van der Waals surface area contributed by atoms with Crippen LogP contribution < -0.4 is 5.73 Å². The molecule has 0 amide bonds. The summed E-state index contributed by atoms with van der Waals surface area (Å²) in [7, 11) is 1.36. The Balaban J connectivity index is 2.43. The summed E-state index contributed by atoms with van der Waals surface area (Å²) in [6.07, 6.45) is 0. The molecule has 2 rings (SSSR count). The molecular weight excluding hydrogens is 316 g/mol. The molecule has 2 aromatic rings. The molecule has 2 N–H and O–H groups in total. The average molecular weight is 332 g/mol. The quantitative estimate of drug-likeness (QED) is 0.496. The van der Waals surface area contributed by atoms with Gasteiger partial charge >= 0.3 is 5.97 Å². The number of carbonyl (C=O) groups excluding carboxylic acids is 1. The van der Waals surface area contributed by atoms with E-state index in [0.29, 0.717) is 5.70 Å². The van der Waals surface area contributed by atoms with Crippen LogP contribution >= 0.6 is 23.7 Å². The number of nitrogens with two attached hydrogens (primary N) is 1. The lowest BCUT2D eigenvalue weighted by Crippen LogP contribution is -2.05. The molecule has 0 aliphatic heterocycles. The van der Waals surface area contributed by atoms with Crippen molar-refractivity contribution in [1.82, 2.24) is 0 Å². The highest BCUT2D eigenvalue weighted by Gasteiger charge is 2.12. The van der Waals surface area contributed by atoms with Crippen LogP contribution in [0.2, 0.25) is 0 Å². The number of hydrogen-bond donors (Lipinski definition) is 1. The molecule has 114 valence electrons. The van der Waals surface area contributed by atoms with Gasteiger partial charge < -0.3 is 10.5 Å². The standard InChI is InChI=1S/C16H16N2O2S2/c1-18-22-16(21-10-14(19)20-2)15(17)13-9-5-7-11-6-3-4-8-12(11)13/h3-9H,1,10,17H2,2H3/b16-15-. The van der Waals surface area contributed by atoms with E-state index in [0.717, 1.165) is 32.5 Å². The zero-order valence-electron chi connectivity index (χ0n) is 12.1. The Kier molecular flexibility index (Phi) is 5.91. The highest BCUT2D eigenvalue weighted by molar-refractivity contribution is 8.22. The van der Waals surface area contributed by atoms with Crippen LogP contribution in [0.1, 0.15) is 5.56 Å². The number of nitrogens with zero attached hydrogens (tertiary/aromatic N) is 1. The van der Waals surface area contributed by atoms with Crippen LogP contribution in [0.5, 0.6) is 0 Å². The van der Waals surface area contributed by atoms with Crippen molar-refractivity contribution in [3.8, 4) is 0 Å². The summed E-state index contributed by atoms with van der Waals surface area (Å²) in [5, 5.41) is 2.17. The third-order valence-corrected chi connectivity index (χ3v) is 4.95. The van der Waals surface area contributed by atoms with E-state index in [9.17, 15) is 4.79 Å². The Morgan fingerprint density at radius 3 is 2.73 bits per heavy atom. The molecule has 0 heterocycles. The Morgan fingerprint density at radius 1 is 1.27 bits per heavy atom. The molecule has 0 radical (unpaired) electrons. The van der Waals surface area contributed by atoms with Gasteiger partial charge in [0.05, 0.1) is 22.8 Å². The van der Waals surface area contributed by atoms with Gasteiger partial charge in [-0.05, 0) is 17.5 Å². The van der Waals surface area contributed by atoms with E-state index in [4.69, 9.17) is 5.73 Å². The first kappa shape index (κ1) is 16.5. The van der Waals surface area contributed by atoms with Gasteiger partial charge in [0.25, 0.3) is 0 Å². The van der Waals surface area contributed by atoms with E-state index >= 15 is 0 Å². The van der Waals surface area contributed by atoms with Gasteiger partial charge in [-0.1, -0.05) is 42.5 Å². The van der Waals surface area contributed by atoms with Crippen molar-refractivity contribution in [2.45, 2.75) is 0 Å². The second-order valence-corrected chi connectivity index (χ2v) is 6.41. The maximum atomic E-state index is 11.3. The van der Waals surface area contributed by atoms with E-state index < -0.39 is 0 Å². The fourth-order valence-electron chi connectivity index (χ4n) is 1.97. The fourth-order valence-corrected chi connectivity index (χ4v) is 3.47. The van der Waals surface area contributed by atoms with Crippen molar-refractivity contribution in [1.29, 1.82) is 0 Å². The molecule has 0 saturated carbocycles. The van der Waals surface area contributed by atoms with E-state index in [1.165, 1.54) is 18.9 Å². The number of carbonyl (C=O) groups is 1. The molecule has 0 spiro atoms. The molecule has 6 heteroatoms. The molecule has 0 atom stereocenters.